The predicted molar refractivity (Wildman–Crippen MR) is 64.8 cm³/mol. The van der Waals surface area contributed by atoms with Crippen molar-refractivity contribution in [2.75, 3.05) is 25.5 Å². The van der Waals surface area contributed by atoms with Crippen LogP contribution in [0.2, 0.25) is 0 Å². The number of nitrogens with one attached hydrogen (secondary N) is 1. The van der Waals surface area contributed by atoms with Gasteiger partial charge in [-0.3, -0.25) is 14.5 Å². The fraction of sp³-hybridized carbons (Fsp3) is 0.250. The van der Waals surface area contributed by atoms with Crippen LogP contribution in [-0.2, 0) is 9.59 Å². The molecule has 100 valence electrons. The molecule has 1 saturated heterocycles. The SMILES string of the molecule is CN1CC(=O)N(CC(=O)Nc2cccc(F)c2)C1=O. The lowest BCUT2D eigenvalue weighted by Gasteiger charge is -2.13. The summed E-state index contributed by atoms with van der Waals surface area (Å²) >= 11 is 0. The normalized spacial score (nSPS) is 15.1. The van der Waals surface area contributed by atoms with Gasteiger partial charge in [-0.1, -0.05) is 6.07 Å². The monoisotopic (exact) mass is 265 g/mol. The van der Waals surface area contributed by atoms with Crippen molar-refractivity contribution in [1.29, 1.82) is 0 Å². The zero-order valence-corrected chi connectivity index (χ0v) is 10.2. The van der Waals surface area contributed by atoms with Gasteiger partial charge in [0.25, 0.3) is 5.91 Å². The summed E-state index contributed by atoms with van der Waals surface area (Å²) in [4.78, 5) is 36.8. The van der Waals surface area contributed by atoms with Gasteiger partial charge in [0, 0.05) is 12.7 Å². The van der Waals surface area contributed by atoms with Crippen LogP contribution in [0.15, 0.2) is 24.3 Å². The van der Waals surface area contributed by atoms with Gasteiger partial charge in [-0.05, 0) is 18.2 Å². The first kappa shape index (κ1) is 13.0. The molecule has 19 heavy (non-hydrogen) atoms. The van der Waals surface area contributed by atoms with E-state index < -0.39 is 23.7 Å². The summed E-state index contributed by atoms with van der Waals surface area (Å²) in [6.07, 6.45) is 0. The molecule has 1 aromatic carbocycles. The summed E-state index contributed by atoms with van der Waals surface area (Å²) in [5.41, 5.74) is 0.275. The van der Waals surface area contributed by atoms with Crippen molar-refractivity contribution in [3.05, 3.63) is 30.1 Å². The molecule has 0 bridgehead atoms. The van der Waals surface area contributed by atoms with Crippen molar-refractivity contribution in [1.82, 2.24) is 9.80 Å². The summed E-state index contributed by atoms with van der Waals surface area (Å²) in [5.74, 6) is -1.46. The Morgan fingerprint density at radius 1 is 1.42 bits per heavy atom. The third-order valence-corrected chi connectivity index (χ3v) is 2.64. The molecule has 1 aliphatic rings. The largest absolute Gasteiger partial charge is 0.327 e. The molecule has 0 spiro atoms. The lowest BCUT2D eigenvalue weighted by molar-refractivity contribution is -0.129. The summed E-state index contributed by atoms with van der Waals surface area (Å²) in [7, 11) is 1.48. The number of likely N-dealkylation sites (N-methyl/N-ethyl adjacent to an activating group) is 1. The second kappa shape index (κ2) is 5.05. The van der Waals surface area contributed by atoms with Crippen LogP contribution in [0.1, 0.15) is 0 Å². The van der Waals surface area contributed by atoms with Gasteiger partial charge >= 0.3 is 6.03 Å². The first-order valence-electron chi connectivity index (χ1n) is 5.58. The molecule has 1 aromatic rings. The van der Waals surface area contributed by atoms with Crippen LogP contribution in [0.5, 0.6) is 0 Å². The Bertz CT molecular complexity index is 547. The van der Waals surface area contributed by atoms with Crippen molar-refractivity contribution < 1.29 is 18.8 Å². The minimum absolute atomic E-state index is 0.0356. The van der Waals surface area contributed by atoms with Gasteiger partial charge in [-0.15, -0.1) is 0 Å². The van der Waals surface area contributed by atoms with Crippen molar-refractivity contribution in [3.8, 4) is 0 Å². The van der Waals surface area contributed by atoms with Gasteiger partial charge < -0.3 is 10.2 Å². The number of hydrogen-bond acceptors (Lipinski definition) is 3. The second-order valence-corrected chi connectivity index (χ2v) is 4.18. The molecule has 1 heterocycles. The van der Waals surface area contributed by atoms with E-state index in [0.29, 0.717) is 0 Å². The molecule has 0 saturated carbocycles. The zero-order valence-electron chi connectivity index (χ0n) is 10.2. The summed E-state index contributed by atoms with van der Waals surface area (Å²) < 4.78 is 12.9. The van der Waals surface area contributed by atoms with E-state index in [1.165, 1.54) is 30.1 Å². The minimum Gasteiger partial charge on any atom is -0.324 e. The number of anilines is 1. The maximum absolute atomic E-state index is 12.9. The van der Waals surface area contributed by atoms with Crippen LogP contribution in [0.4, 0.5) is 14.9 Å². The van der Waals surface area contributed by atoms with Crippen molar-refractivity contribution in [2.24, 2.45) is 0 Å². The topological polar surface area (TPSA) is 69.7 Å². The lowest BCUT2D eigenvalue weighted by atomic mass is 10.3. The maximum atomic E-state index is 12.9. The fourth-order valence-electron chi connectivity index (χ4n) is 1.73. The molecule has 1 aliphatic heterocycles. The van der Waals surface area contributed by atoms with Crippen LogP contribution in [-0.4, -0.2) is 47.8 Å². The first-order valence-corrected chi connectivity index (χ1v) is 5.58. The Hall–Kier alpha value is -2.44. The third kappa shape index (κ3) is 2.87. The molecule has 0 unspecified atom stereocenters. The summed E-state index contributed by atoms with van der Waals surface area (Å²) in [5, 5.41) is 2.42. The van der Waals surface area contributed by atoms with Gasteiger partial charge in [0.2, 0.25) is 5.91 Å². The lowest BCUT2D eigenvalue weighted by Crippen LogP contribution is -2.38. The molecule has 1 N–H and O–H groups in total. The van der Waals surface area contributed by atoms with E-state index in [4.69, 9.17) is 0 Å². The highest BCUT2D eigenvalue weighted by Crippen LogP contribution is 2.11. The van der Waals surface area contributed by atoms with Gasteiger partial charge in [0.05, 0.1) is 0 Å². The number of imide groups is 1. The molecular weight excluding hydrogens is 253 g/mol. The number of halogens is 1. The number of hydrogen-bond donors (Lipinski definition) is 1. The Labute approximate surface area is 108 Å². The number of urea groups is 1. The molecule has 1 fully saturated rings. The van der Waals surface area contributed by atoms with E-state index >= 15 is 0 Å². The molecule has 6 nitrogen and oxygen atoms in total. The van der Waals surface area contributed by atoms with Crippen LogP contribution >= 0.6 is 0 Å². The van der Waals surface area contributed by atoms with Gasteiger partial charge in [0.1, 0.15) is 18.9 Å². The number of carbonyl (C=O) groups is 3. The van der Waals surface area contributed by atoms with E-state index in [2.05, 4.69) is 5.32 Å². The molecule has 0 atom stereocenters. The first-order chi connectivity index (χ1) is 8.97. The molecular formula is C12H12FN3O3. The Morgan fingerprint density at radius 2 is 2.16 bits per heavy atom. The quantitative estimate of drug-likeness (QED) is 0.816. The van der Waals surface area contributed by atoms with Gasteiger partial charge in [0.15, 0.2) is 0 Å². The molecule has 0 aromatic heterocycles. The van der Waals surface area contributed by atoms with E-state index in [-0.39, 0.29) is 18.8 Å². The molecule has 0 radical (unpaired) electrons. The van der Waals surface area contributed by atoms with Crippen molar-refractivity contribution in [3.63, 3.8) is 0 Å². The molecule has 4 amide bonds. The van der Waals surface area contributed by atoms with Crippen molar-refractivity contribution >= 4 is 23.5 Å². The average molecular weight is 265 g/mol. The Balaban J connectivity index is 1.98. The van der Waals surface area contributed by atoms with Gasteiger partial charge in [-0.25, -0.2) is 9.18 Å². The Kier molecular flexibility index (Phi) is 3.46. The molecule has 7 heteroatoms. The fourth-order valence-corrected chi connectivity index (χ4v) is 1.73. The average Bonchev–Trinajstić information content (AvgIpc) is 2.56. The Morgan fingerprint density at radius 3 is 2.74 bits per heavy atom. The van der Waals surface area contributed by atoms with E-state index in [9.17, 15) is 18.8 Å². The smallest absolute Gasteiger partial charge is 0.324 e. The highest BCUT2D eigenvalue weighted by Gasteiger charge is 2.34. The standard InChI is InChI=1S/C12H12FN3O3/c1-15-7-11(18)16(12(15)19)6-10(17)14-9-4-2-3-8(13)5-9/h2-5H,6-7H2,1H3,(H,14,17). The highest BCUT2D eigenvalue weighted by atomic mass is 19.1. The second-order valence-electron chi connectivity index (χ2n) is 4.18. The predicted octanol–water partition coefficient (Wildman–Crippen LogP) is 0.658. The van der Waals surface area contributed by atoms with Gasteiger partial charge in [-0.2, -0.15) is 0 Å². The zero-order chi connectivity index (χ0) is 14.0. The maximum Gasteiger partial charge on any atom is 0.327 e. The number of carbonyl (C=O) groups excluding carboxylic acids is 3. The summed E-state index contributed by atoms with van der Waals surface area (Å²) in [6.45, 7) is -0.412. The number of benzene rings is 1. The van der Waals surface area contributed by atoms with E-state index in [1.807, 2.05) is 0 Å². The van der Waals surface area contributed by atoms with Crippen LogP contribution in [0.3, 0.4) is 0 Å². The van der Waals surface area contributed by atoms with E-state index in [1.54, 1.807) is 0 Å². The number of rotatable bonds is 3. The highest BCUT2D eigenvalue weighted by molar-refractivity contribution is 6.06. The minimum atomic E-state index is -0.553. The van der Waals surface area contributed by atoms with Crippen LogP contribution in [0.25, 0.3) is 0 Å². The summed E-state index contributed by atoms with van der Waals surface area (Å²) in [6, 6.07) is 4.85. The number of amides is 4. The third-order valence-electron chi connectivity index (χ3n) is 2.64. The van der Waals surface area contributed by atoms with Crippen molar-refractivity contribution in [2.45, 2.75) is 0 Å². The number of nitrogens with zero attached hydrogens (tertiary/aromatic N) is 2. The van der Waals surface area contributed by atoms with Crippen LogP contribution in [0, 0.1) is 5.82 Å². The molecule has 2 rings (SSSR count). The molecule has 0 aliphatic carbocycles. The van der Waals surface area contributed by atoms with Crippen LogP contribution < -0.4 is 5.32 Å². The van der Waals surface area contributed by atoms with E-state index in [0.717, 1.165) is 11.0 Å².